The van der Waals surface area contributed by atoms with Crippen LogP contribution in [-0.2, 0) is 11.3 Å². The van der Waals surface area contributed by atoms with Gasteiger partial charge in [-0.05, 0) is 49.2 Å². The van der Waals surface area contributed by atoms with Gasteiger partial charge in [0.1, 0.15) is 5.82 Å². The summed E-state index contributed by atoms with van der Waals surface area (Å²) in [6, 6.07) is 11.3. The summed E-state index contributed by atoms with van der Waals surface area (Å²) in [6.07, 6.45) is 0. The fourth-order valence-electron chi connectivity index (χ4n) is 2.50. The van der Waals surface area contributed by atoms with E-state index in [2.05, 4.69) is 10.6 Å². The van der Waals surface area contributed by atoms with E-state index in [1.807, 2.05) is 33.8 Å². The molecular formula is C21H26FN3O2. The number of nitrogens with zero attached hydrogens (tertiary/aromatic N) is 1. The van der Waals surface area contributed by atoms with Crippen LogP contribution in [0.2, 0.25) is 0 Å². The molecule has 0 aliphatic heterocycles. The Morgan fingerprint density at radius 1 is 1.11 bits per heavy atom. The van der Waals surface area contributed by atoms with E-state index in [4.69, 9.17) is 0 Å². The summed E-state index contributed by atoms with van der Waals surface area (Å²) in [5.41, 5.74) is 2.86. The van der Waals surface area contributed by atoms with Crippen LogP contribution in [0.1, 0.15) is 31.9 Å². The molecule has 0 radical (unpaired) electrons. The van der Waals surface area contributed by atoms with Gasteiger partial charge in [0.25, 0.3) is 0 Å². The van der Waals surface area contributed by atoms with Crippen molar-refractivity contribution in [1.82, 2.24) is 4.90 Å². The van der Waals surface area contributed by atoms with Gasteiger partial charge in [0, 0.05) is 30.4 Å². The van der Waals surface area contributed by atoms with Crippen LogP contribution < -0.4 is 10.6 Å². The summed E-state index contributed by atoms with van der Waals surface area (Å²) in [4.78, 5) is 26.1. The highest BCUT2D eigenvalue weighted by atomic mass is 19.1. The Kier molecular flexibility index (Phi) is 6.93. The van der Waals surface area contributed by atoms with E-state index in [0.29, 0.717) is 24.5 Å². The zero-order chi connectivity index (χ0) is 20.0. The Morgan fingerprint density at radius 3 is 2.48 bits per heavy atom. The Labute approximate surface area is 159 Å². The molecule has 144 valence electrons. The van der Waals surface area contributed by atoms with Crippen molar-refractivity contribution in [3.8, 4) is 0 Å². The molecule has 0 aliphatic carbocycles. The molecule has 2 aromatic rings. The van der Waals surface area contributed by atoms with Crippen molar-refractivity contribution in [3.63, 3.8) is 0 Å². The first kappa shape index (κ1) is 20.4. The molecule has 0 saturated carbocycles. The number of anilines is 2. The largest absolute Gasteiger partial charge is 0.326 e. The van der Waals surface area contributed by atoms with Crippen LogP contribution in [0.5, 0.6) is 0 Å². The van der Waals surface area contributed by atoms with Gasteiger partial charge in [-0.25, -0.2) is 9.18 Å². The minimum Gasteiger partial charge on any atom is -0.326 e. The maximum Gasteiger partial charge on any atom is 0.322 e. The van der Waals surface area contributed by atoms with E-state index in [0.717, 1.165) is 11.1 Å². The normalized spacial score (nSPS) is 10.6. The molecule has 2 rings (SSSR count). The summed E-state index contributed by atoms with van der Waals surface area (Å²) in [6.45, 7) is 8.17. The van der Waals surface area contributed by atoms with Crippen LogP contribution >= 0.6 is 0 Å². The molecule has 0 bridgehead atoms. The van der Waals surface area contributed by atoms with Gasteiger partial charge in [-0.1, -0.05) is 32.0 Å². The third kappa shape index (κ3) is 5.81. The average molecular weight is 371 g/mol. The maximum absolute atomic E-state index is 13.4. The SMILES string of the molecule is CCN(Cc1cccc(F)c1)C(=O)Nc1cc(NC(=O)C(C)C)ccc1C. The zero-order valence-electron chi connectivity index (χ0n) is 16.2. The number of carbonyl (C=O) groups excluding carboxylic acids is 2. The Morgan fingerprint density at radius 2 is 1.85 bits per heavy atom. The van der Waals surface area contributed by atoms with Crippen molar-refractivity contribution in [3.05, 3.63) is 59.4 Å². The predicted octanol–water partition coefficient (Wildman–Crippen LogP) is 4.78. The van der Waals surface area contributed by atoms with Crippen molar-refractivity contribution in [2.75, 3.05) is 17.2 Å². The second-order valence-electron chi connectivity index (χ2n) is 6.75. The highest BCUT2D eigenvalue weighted by molar-refractivity contribution is 5.94. The number of nitrogens with one attached hydrogen (secondary N) is 2. The van der Waals surface area contributed by atoms with Crippen molar-refractivity contribution in [1.29, 1.82) is 0 Å². The predicted molar refractivity (Wildman–Crippen MR) is 106 cm³/mol. The Hall–Kier alpha value is -2.89. The van der Waals surface area contributed by atoms with Crippen molar-refractivity contribution in [2.24, 2.45) is 5.92 Å². The number of hydrogen-bond acceptors (Lipinski definition) is 2. The Bertz CT molecular complexity index is 821. The fourth-order valence-corrected chi connectivity index (χ4v) is 2.50. The molecular weight excluding hydrogens is 345 g/mol. The van der Waals surface area contributed by atoms with E-state index >= 15 is 0 Å². The molecule has 2 N–H and O–H groups in total. The molecule has 0 fully saturated rings. The minimum atomic E-state index is -0.326. The maximum atomic E-state index is 13.4. The van der Waals surface area contributed by atoms with E-state index < -0.39 is 0 Å². The van der Waals surface area contributed by atoms with Crippen LogP contribution in [0, 0.1) is 18.7 Å². The lowest BCUT2D eigenvalue weighted by Gasteiger charge is -2.22. The number of rotatable bonds is 6. The first-order valence-corrected chi connectivity index (χ1v) is 9.02. The lowest BCUT2D eigenvalue weighted by molar-refractivity contribution is -0.118. The van der Waals surface area contributed by atoms with Crippen molar-refractivity contribution in [2.45, 2.75) is 34.2 Å². The zero-order valence-corrected chi connectivity index (χ0v) is 16.2. The molecule has 3 amide bonds. The van der Waals surface area contributed by atoms with Crippen molar-refractivity contribution >= 4 is 23.3 Å². The van der Waals surface area contributed by atoms with E-state index in [9.17, 15) is 14.0 Å². The molecule has 2 aromatic carbocycles. The summed E-state index contributed by atoms with van der Waals surface area (Å²) in [5.74, 6) is -0.544. The summed E-state index contributed by atoms with van der Waals surface area (Å²) >= 11 is 0. The average Bonchev–Trinajstić information content (AvgIpc) is 2.62. The lowest BCUT2D eigenvalue weighted by Crippen LogP contribution is -2.34. The van der Waals surface area contributed by atoms with Gasteiger partial charge < -0.3 is 15.5 Å². The molecule has 0 aliphatic rings. The van der Waals surface area contributed by atoms with Crippen LogP contribution in [0.15, 0.2) is 42.5 Å². The van der Waals surface area contributed by atoms with Gasteiger partial charge in [0.2, 0.25) is 5.91 Å². The number of carbonyl (C=O) groups is 2. The van der Waals surface area contributed by atoms with Gasteiger partial charge in [-0.2, -0.15) is 0 Å². The van der Waals surface area contributed by atoms with Gasteiger partial charge in [-0.15, -0.1) is 0 Å². The van der Waals surface area contributed by atoms with E-state index in [1.165, 1.54) is 12.1 Å². The van der Waals surface area contributed by atoms with Gasteiger partial charge in [0.15, 0.2) is 0 Å². The topological polar surface area (TPSA) is 61.4 Å². The fraction of sp³-hybridized carbons (Fsp3) is 0.333. The monoisotopic (exact) mass is 371 g/mol. The number of hydrogen-bond donors (Lipinski definition) is 2. The van der Waals surface area contributed by atoms with E-state index in [1.54, 1.807) is 29.2 Å². The number of benzene rings is 2. The molecule has 0 heterocycles. The number of urea groups is 1. The highest BCUT2D eigenvalue weighted by Gasteiger charge is 2.15. The first-order valence-electron chi connectivity index (χ1n) is 9.02. The molecule has 0 unspecified atom stereocenters. The summed E-state index contributed by atoms with van der Waals surface area (Å²) < 4.78 is 13.4. The standard InChI is InChI=1S/C21H26FN3O2/c1-5-25(13-16-7-6-8-17(22)11-16)21(27)24-19-12-18(10-9-15(19)4)23-20(26)14(2)3/h6-12,14H,5,13H2,1-4H3,(H,23,26)(H,24,27). The van der Waals surface area contributed by atoms with Gasteiger partial charge >= 0.3 is 6.03 Å². The summed E-state index contributed by atoms with van der Waals surface area (Å²) in [5, 5.41) is 5.71. The Balaban J connectivity index is 2.11. The van der Waals surface area contributed by atoms with Gasteiger partial charge in [0.05, 0.1) is 0 Å². The second-order valence-corrected chi connectivity index (χ2v) is 6.75. The third-order valence-corrected chi connectivity index (χ3v) is 4.20. The molecule has 6 heteroatoms. The highest BCUT2D eigenvalue weighted by Crippen LogP contribution is 2.21. The van der Waals surface area contributed by atoms with Crippen molar-refractivity contribution < 1.29 is 14.0 Å². The molecule has 0 spiro atoms. The van der Waals surface area contributed by atoms with Gasteiger partial charge in [-0.3, -0.25) is 4.79 Å². The van der Waals surface area contributed by atoms with Crippen LogP contribution in [0.25, 0.3) is 0 Å². The number of amides is 3. The second kappa shape index (κ2) is 9.16. The number of halogens is 1. The van der Waals surface area contributed by atoms with Crippen LogP contribution in [-0.4, -0.2) is 23.4 Å². The smallest absolute Gasteiger partial charge is 0.322 e. The number of aryl methyl sites for hydroxylation is 1. The van der Waals surface area contributed by atoms with Crippen LogP contribution in [0.3, 0.4) is 0 Å². The third-order valence-electron chi connectivity index (χ3n) is 4.20. The lowest BCUT2D eigenvalue weighted by atomic mass is 10.1. The molecule has 0 atom stereocenters. The quantitative estimate of drug-likeness (QED) is 0.767. The molecule has 0 aromatic heterocycles. The molecule has 5 nitrogen and oxygen atoms in total. The minimum absolute atomic E-state index is 0.0857. The molecule has 0 saturated heterocycles. The van der Waals surface area contributed by atoms with E-state index in [-0.39, 0.29) is 23.7 Å². The van der Waals surface area contributed by atoms with Crippen LogP contribution in [0.4, 0.5) is 20.6 Å². The summed E-state index contributed by atoms with van der Waals surface area (Å²) in [7, 11) is 0. The molecule has 27 heavy (non-hydrogen) atoms. The first-order chi connectivity index (χ1) is 12.8.